The van der Waals surface area contributed by atoms with Crippen molar-refractivity contribution < 1.29 is 14.3 Å². The third-order valence-corrected chi connectivity index (χ3v) is 3.08. The molecule has 0 aliphatic carbocycles. The minimum atomic E-state index is -0.123. The SMILES string of the molecule is CCOc1cc2c(cc1NC(=O)CCCl)OC(C)C2. The van der Waals surface area contributed by atoms with Crippen molar-refractivity contribution in [2.75, 3.05) is 17.8 Å². The molecule has 19 heavy (non-hydrogen) atoms. The molecule has 1 aliphatic heterocycles. The number of hydrogen-bond acceptors (Lipinski definition) is 3. The molecule has 0 bridgehead atoms. The highest BCUT2D eigenvalue weighted by molar-refractivity contribution is 6.19. The normalized spacial score (nSPS) is 16.7. The predicted octanol–water partition coefficient (Wildman–Crippen LogP) is 2.98. The first kappa shape index (κ1) is 14.0. The van der Waals surface area contributed by atoms with Gasteiger partial charge in [-0.05, 0) is 19.9 Å². The number of fused-ring (bicyclic) bond motifs is 1. The lowest BCUT2D eigenvalue weighted by Crippen LogP contribution is -2.13. The first-order valence-corrected chi connectivity index (χ1v) is 6.99. The highest BCUT2D eigenvalue weighted by Gasteiger charge is 2.22. The number of carbonyl (C=O) groups excluding carboxylic acids is 1. The van der Waals surface area contributed by atoms with Gasteiger partial charge in [-0.1, -0.05) is 0 Å². The summed E-state index contributed by atoms with van der Waals surface area (Å²) in [5, 5.41) is 2.81. The average Bonchev–Trinajstić information content (AvgIpc) is 2.69. The lowest BCUT2D eigenvalue weighted by Gasteiger charge is -2.13. The van der Waals surface area contributed by atoms with Crippen LogP contribution in [0.1, 0.15) is 25.8 Å². The van der Waals surface area contributed by atoms with Crippen molar-refractivity contribution in [3.8, 4) is 11.5 Å². The zero-order chi connectivity index (χ0) is 13.8. The second-order valence-electron chi connectivity index (χ2n) is 4.51. The molecule has 1 aromatic carbocycles. The van der Waals surface area contributed by atoms with Crippen molar-refractivity contribution >= 4 is 23.2 Å². The summed E-state index contributed by atoms with van der Waals surface area (Å²) < 4.78 is 11.3. The number of rotatable bonds is 5. The van der Waals surface area contributed by atoms with Crippen molar-refractivity contribution in [1.29, 1.82) is 0 Å². The minimum Gasteiger partial charge on any atom is -0.492 e. The van der Waals surface area contributed by atoms with Crippen molar-refractivity contribution in [3.63, 3.8) is 0 Å². The molecule has 0 spiro atoms. The Bertz CT molecular complexity index is 476. The van der Waals surface area contributed by atoms with Crippen LogP contribution < -0.4 is 14.8 Å². The second kappa shape index (κ2) is 6.15. The van der Waals surface area contributed by atoms with Gasteiger partial charge in [0.2, 0.25) is 5.91 Å². The first-order valence-electron chi connectivity index (χ1n) is 6.46. The Balaban J connectivity index is 2.25. The Morgan fingerprint density at radius 1 is 1.58 bits per heavy atom. The molecule has 5 heteroatoms. The molecule has 1 unspecified atom stereocenters. The van der Waals surface area contributed by atoms with E-state index in [0.717, 1.165) is 17.7 Å². The van der Waals surface area contributed by atoms with Crippen LogP contribution in [-0.4, -0.2) is 24.5 Å². The number of ether oxygens (including phenoxy) is 2. The van der Waals surface area contributed by atoms with Crippen molar-refractivity contribution in [2.24, 2.45) is 0 Å². The van der Waals surface area contributed by atoms with E-state index >= 15 is 0 Å². The molecule has 1 heterocycles. The van der Waals surface area contributed by atoms with Crippen LogP contribution in [0.15, 0.2) is 12.1 Å². The summed E-state index contributed by atoms with van der Waals surface area (Å²) in [6, 6.07) is 3.77. The molecule has 1 aliphatic rings. The fraction of sp³-hybridized carbons (Fsp3) is 0.500. The van der Waals surface area contributed by atoms with E-state index in [4.69, 9.17) is 21.1 Å². The van der Waals surface area contributed by atoms with Crippen LogP contribution in [0.3, 0.4) is 0 Å². The summed E-state index contributed by atoms with van der Waals surface area (Å²) in [6.45, 7) is 4.48. The number of anilines is 1. The van der Waals surface area contributed by atoms with Gasteiger partial charge < -0.3 is 14.8 Å². The van der Waals surface area contributed by atoms with Gasteiger partial charge in [0.15, 0.2) is 0 Å². The molecular weight excluding hydrogens is 266 g/mol. The number of carbonyl (C=O) groups is 1. The van der Waals surface area contributed by atoms with E-state index in [0.29, 0.717) is 23.9 Å². The van der Waals surface area contributed by atoms with Crippen LogP contribution in [0.4, 0.5) is 5.69 Å². The van der Waals surface area contributed by atoms with Crippen LogP contribution >= 0.6 is 11.6 Å². The molecule has 1 N–H and O–H groups in total. The van der Waals surface area contributed by atoms with Gasteiger partial charge in [-0.3, -0.25) is 4.79 Å². The largest absolute Gasteiger partial charge is 0.492 e. The number of amides is 1. The van der Waals surface area contributed by atoms with Crippen LogP contribution in [0.5, 0.6) is 11.5 Å². The standard InChI is InChI=1S/C14H18ClNO3/c1-3-18-13-7-10-6-9(2)19-12(10)8-11(13)16-14(17)4-5-15/h7-9H,3-6H2,1-2H3,(H,16,17). The van der Waals surface area contributed by atoms with Crippen LogP contribution in [0.2, 0.25) is 0 Å². The monoisotopic (exact) mass is 283 g/mol. The molecular formula is C14H18ClNO3. The Labute approximate surface area is 118 Å². The predicted molar refractivity (Wildman–Crippen MR) is 75.4 cm³/mol. The second-order valence-corrected chi connectivity index (χ2v) is 4.89. The topological polar surface area (TPSA) is 47.6 Å². The Morgan fingerprint density at radius 3 is 3.05 bits per heavy atom. The summed E-state index contributed by atoms with van der Waals surface area (Å²) in [4.78, 5) is 11.6. The fourth-order valence-corrected chi connectivity index (χ4v) is 2.28. The molecule has 1 atom stereocenters. The maximum atomic E-state index is 11.6. The molecule has 2 rings (SSSR count). The zero-order valence-corrected chi connectivity index (χ0v) is 11.9. The third-order valence-electron chi connectivity index (χ3n) is 2.89. The quantitative estimate of drug-likeness (QED) is 0.845. The summed E-state index contributed by atoms with van der Waals surface area (Å²) in [7, 11) is 0. The van der Waals surface area contributed by atoms with E-state index in [1.807, 2.05) is 26.0 Å². The first-order chi connectivity index (χ1) is 9.13. The van der Waals surface area contributed by atoms with E-state index in [-0.39, 0.29) is 18.4 Å². The molecule has 0 saturated carbocycles. The molecule has 1 amide bonds. The van der Waals surface area contributed by atoms with Gasteiger partial charge >= 0.3 is 0 Å². The average molecular weight is 284 g/mol. The summed E-state index contributed by atoms with van der Waals surface area (Å²) in [5.41, 5.74) is 1.76. The molecule has 0 radical (unpaired) electrons. The van der Waals surface area contributed by atoms with E-state index in [9.17, 15) is 4.79 Å². The molecule has 104 valence electrons. The molecule has 0 saturated heterocycles. The van der Waals surface area contributed by atoms with E-state index in [1.165, 1.54) is 0 Å². The van der Waals surface area contributed by atoms with Crippen molar-refractivity contribution in [2.45, 2.75) is 32.8 Å². The summed E-state index contributed by atoms with van der Waals surface area (Å²) in [6.07, 6.45) is 1.31. The summed E-state index contributed by atoms with van der Waals surface area (Å²) >= 11 is 5.56. The van der Waals surface area contributed by atoms with Crippen LogP contribution in [-0.2, 0) is 11.2 Å². The van der Waals surface area contributed by atoms with E-state index < -0.39 is 0 Å². The fourth-order valence-electron chi connectivity index (χ4n) is 2.11. The van der Waals surface area contributed by atoms with E-state index in [1.54, 1.807) is 0 Å². The maximum Gasteiger partial charge on any atom is 0.225 e. The van der Waals surface area contributed by atoms with Crippen LogP contribution in [0.25, 0.3) is 0 Å². The molecule has 0 aromatic heterocycles. The molecule has 4 nitrogen and oxygen atoms in total. The maximum absolute atomic E-state index is 11.6. The zero-order valence-electron chi connectivity index (χ0n) is 11.2. The number of hydrogen-bond donors (Lipinski definition) is 1. The Hall–Kier alpha value is -1.42. The van der Waals surface area contributed by atoms with Gasteiger partial charge in [0, 0.05) is 30.4 Å². The minimum absolute atomic E-state index is 0.123. The molecule has 1 aromatic rings. The van der Waals surface area contributed by atoms with E-state index in [2.05, 4.69) is 5.32 Å². The lowest BCUT2D eigenvalue weighted by atomic mass is 10.1. The number of benzene rings is 1. The van der Waals surface area contributed by atoms with Gasteiger partial charge in [-0.2, -0.15) is 0 Å². The number of alkyl halides is 1. The molecule has 0 fully saturated rings. The van der Waals surface area contributed by atoms with Crippen LogP contribution in [0, 0.1) is 0 Å². The lowest BCUT2D eigenvalue weighted by molar-refractivity contribution is -0.115. The van der Waals surface area contributed by atoms with Gasteiger partial charge in [0.05, 0.1) is 12.3 Å². The highest BCUT2D eigenvalue weighted by Crippen LogP contribution is 2.38. The van der Waals surface area contributed by atoms with Crippen molar-refractivity contribution in [3.05, 3.63) is 17.7 Å². The van der Waals surface area contributed by atoms with Gasteiger partial charge in [-0.15, -0.1) is 11.6 Å². The van der Waals surface area contributed by atoms with Gasteiger partial charge in [-0.25, -0.2) is 0 Å². The highest BCUT2D eigenvalue weighted by atomic mass is 35.5. The Kier molecular flexibility index (Phi) is 4.53. The number of nitrogens with one attached hydrogen (secondary N) is 1. The third kappa shape index (κ3) is 3.32. The van der Waals surface area contributed by atoms with Crippen molar-refractivity contribution in [1.82, 2.24) is 0 Å². The summed E-state index contributed by atoms with van der Waals surface area (Å²) in [5.74, 6) is 1.68. The smallest absolute Gasteiger partial charge is 0.225 e. The van der Waals surface area contributed by atoms with Gasteiger partial charge in [0.25, 0.3) is 0 Å². The van der Waals surface area contributed by atoms with Gasteiger partial charge in [0.1, 0.15) is 17.6 Å². The Morgan fingerprint density at radius 2 is 2.37 bits per heavy atom. The number of halogens is 1.